The van der Waals surface area contributed by atoms with Crippen molar-refractivity contribution >= 4 is 23.3 Å². The first kappa shape index (κ1) is 14.6. The Kier molecular flexibility index (Phi) is 4.31. The number of rotatable bonds is 2. The Morgan fingerprint density at radius 3 is 2.57 bits per heavy atom. The zero-order chi connectivity index (χ0) is 14.8. The number of carbonyl (C=O) groups excluding carboxylic acids is 1. The molecule has 5 nitrogen and oxygen atoms in total. The molecule has 1 aromatic heterocycles. The highest BCUT2D eigenvalue weighted by atomic mass is 35.5. The molecule has 2 heterocycles. The minimum atomic E-state index is 0.0326. The Morgan fingerprint density at radius 1 is 1.24 bits per heavy atom. The Balaban J connectivity index is 1.57. The molecule has 2 aliphatic rings. The molecule has 114 valence electrons. The van der Waals surface area contributed by atoms with Crippen LogP contribution in [0.15, 0.2) is 18.3 Å². The van der Waals surface area contributed by atoms with E-state index in [1.807, 2.05) is 17.0 Å². The molecule has 0 spiro atoms. The van der Waals surface area contributed by atoms with Gasteiger partial charge in [-0.1, -0.05) is 18.0 Å². The van der Waals surface area contributed by atoms with Crippen molar-refractivity contribution in [2.45, 2.75) is 25.3 Å². The second-order valence-electron chi connectivity index (χ2n) is 5.85. The smallest absolute Gasteiger partial charge is 0.227 e. The third-order valence-electron chi connectivity index (χ3n) is 4.51. The highest BCUT2D eigenvalue weighted by molar-refractivity contribution is 6.30. The van der Waals surface area contributed by atoms with Crippen LogP contribution in [0.2, 0.25) is 5.02 Å². The van der Waals surface area contributed by atoms with Gasteiger partial charge in [0.05, 0.1) is 10.9 Å². The average molecular weight is 309 g/mol. The van der Waals surface area contributed by atoms with Gasteiger partial charge in [-0.2, -0.15) is 0 Å². The number of pyridine rings is 1. The zero-order valence-corrected chi connectivity index (χ0v) is 12.8. The summed E-state index contributed by atoms with van der Waals surface area (Å²) in [7, 11) is 0. The molecule has 2 fully saturated rings. The van der Waals surface area contributed by atoms with Crippen LogP contribution in [0.5, 0.6) is 0 Å². The summed E-state index contributed by atoms with van der Waals surface area (Å²) in [5.41, 5.74) is 6.04. The summed E-state index contributed by atoms with van der Waals surface area (Å²) in [6.45, 7) is 3.10. The van der Waals surface area contributed by atoms with Crippen LogP contribution < -0.4 is 10.6 Å². The quantitative estimate of drug-likeness (QED) is 0.899. The number of hydrogen-bond acceptors (Lipinski definition) is 4. The number of piperazine rings is 1. The van der Waals surface area contributed by atoms with E-state index < -0.39 is 0 Å². The largest absolute Gasteiger partial charge is 0.353 e. The second kappa shape index (κ2) is 6.20. The van der Waals surface area contributed by atoms with Gasteiger partial charge in [0.25, 0.3) is 0 Å². The first-order valence-electron chi connectivity index (χ1n) is 7.56. The molecule has 3 rings (SSSR count). The van der Waals surface area contributed by atoms with E-state index in [0.29, 0.717) is 5.02 Å². The maximum Gasteiger partial charge on any atom is 0.227 e. The van der Waals surface area contributed by atoms with Gasteiger partial charge in [-0.25, -0.2) is 4.98 Å². The predicted molar refractivity (Wildman–Crippen MR) is 83.4 cm³/mol. The summed E-state index contributed by atoms with van der Waals surface area (Å²) in [5, 5.41) is 0.641. The number of halogens is 1. The zero-order valence-electron chi connectivity index (χ0n) is 12.0. The van der Waals surface area contributed by atoms with E-state index in [2.05, 4.69) is 9.88 Å². The van der Waals surface area contributed by atoms with Crippen LogP contribution in [-0.2, 0) is 4.79 Å². The molecule has 1 amide bonds. The molecule has 0 unspecified atom stereocenters. The summed E-state index contributed by atoms with van der Waals surface area (Å²) >= 11 is 5.86. The Labute approximate surface area is 130 Å². The number of aromatic nitrogens is 1. The molecule has 1 saturated heterocycles. The fourth-order valence-corrected chi connectivity index (χ4v) is 3.35. The first-order valence-corrected chi connectivity index (χ1v) is 7.94. The van der Waals surface area contributed by atoms with Crippen molar-refractivity contribution in [3.05, 3.63) is 23.4 Å². The third kappa shape index (κ3) is 3.14. The summed E-state index contributed by atoms with van der Waals surface area (Å²) in [4.78, 5) is 21.0. The maximum absolute atomic E-state index is 12.5. The summed E-state index contributed by atoms with van der Waals surface area (Å²) in [5.74, 6) is 1.19. The Morgan fingerprint density at radius 2 is 2.00 bits per heavy atom. The third-order valence-corrected chi connectivity index (χ3v) is 4.74. The lowest BCUT2D eigenvalue weighted by molar-refractivity contribution is -0.136. The van der Waals surface area contributed by atoms with Crippen molar-refractivity contribution in [2.24, 2.45) is 11.7 Å². The van der Waals surface area contributed by atoms with E-state index in [1.165, 1.54) is 0 Å². The number of carbonyl (C=O) groups is 1. The predicted octanol–water partition coefficient (Wildman–Crippen LogP) is 1.51. The minimum Gasteiger partial charge on any atom is -0.353 e. The Bertz CT molecular complexity index is 499. The number of nitrogens with two attached hydrogens (primary N) is 1. The molecule has 1 saturated carbocycles. The van der Waals surface area contributed by atoms with Gasteiger partial charge in [0.15, 0.2) is 0 Å². The van der Waals surface area contributed by atoms with E-state index in [-0.39, 0.29) is 17.9 Å². The normalized spacial score (nSPS) is 26.2. The van der Waals surface area contributed by atoms with Gasteiger partial charge in [-0.05, 0) is 25.0 Å². The van der Waals surface area contributed by atoms with Gasteiger partial charge in [0, 0.05) is 38.4 Å². The van der Waals surface area contributed by atoms with Crippen LogP contribution in [0.3, 0.4) is 0 Å². The van der Waals surface area contributed by atoms with Crippen molar-refractivity contribution < 1.29 is 4.79 Å². The number of anilines is 1. The van der Waals surface area contributed by atoms with Crippen LogP contribution in [0.25, 0.3) is 0 Å². The lowest BCUT2D eigenvalue weighted by atomic mass is 10.0. The fraction of sp³-hybridized carbons (Fsp3) is 0.600. The highest BCUT2D eigenvalue weighted by Crippen LogP contribution is 2.26. The van der Waals surface area contributed by atoms with Gasteiger partial charge in [0.1, 0.15) is 5.82 Å². The number of hydrogen-bond donors (Lipinski definition) is 1. The fourth-order valence-electron chi connectivity index (χ4n) is 3.24. The average Bonchev–Trinajstić information content (AvgIpc) is 2.94. The van der Waals surface area contributed by atoms with Gasteiger partial charge >= 0.3 is 0 Å². The SMILES string of the molecule is N[C@@H]1CCC[C@@H]1C(=O)N1CCN(c2ccc(Cl)cn2)CC1. The highest BCUT2D eigenvalue weighted by Gasteiger charge is 2.34. The maximum atomic E-state index is 12.5. The van der Waals surface area contributed by atoms with E-state index in [0.717, 1.165) is 51.3 Å². The van der Waals surface area contributed by atoms with Crippen LogP contribution in [0.4, 0.5) is 5.82 Å². The minimum absolute atomic E-state index is 0.0326. The summed E-state index contributed by atoms with van der Waals surface area (Å²) in [6, 6.07) is 3.82. The van der Waals surface area contributed by atoms with Gasteiger partial charge in [-0.3, -0.25) is 4.79 Å². The molecular formula is C15H21ClN4O. The molecule has 1 aromatic rings. The second-order valence-corrected chi connectivity index (χ2v) is 6.28. The monoisotopic (exact) mass is 308 g/mol. The van der Waals surface area contributed by atoms with Gasteiger partial charge < -0.3 is 15.5 Å². The molecular weight excluding hydrogens is 288 g/mol. The van der Waals surface area contributed by atoms with Crippen molar-refractivity contribution in [3.63, 3.8) is 0 Å². The molecule has 21 heavy (non-hydrogen) atoms. The van der Waals surface area contributed by atoms with E-state index in [1.54, 1.807) is 6.20 Å². The molecule has 0 radical (unpaired) electrons. The van der Waals surface area contributed by atoms with Crippen LogP contribution in [0.1, 0.15) is 19.3 Å². The molecule has 2 N–H and O–H groups in total. The number of amides is 1. The molecule has 1 aliphatic carbocycles. The van der Waals surface area contributed by atoms with E-state index >= 15 is 0 Å². The van der Waals surface area contributed by atoms with Crippen molar-refractivity contribution in [1.29, 1.82) is 0 Å². The number of nitrogens with zero attached hydrogens (tertiary/aromatic N) is 3. The molecule has 2 atom stereocenters. The van der Waals surface area contributed by atoms with Crippen LogP contribution in [0, 0.1) is 5.92 Å². The lowest BCUT2D eigenvalue weighted by Crippen LogP contribution is -2.52. The van der Waals surface area contributed by atoms with Crippen molar-refractivity contribution in [1.82, 2.24) is 9.88 Å². The first-order chi connectivity index (χ1) is 10.1. The molecule has 6 heteroatoms. The molecule has 0 bridgehead atoms. The standard InChI is InChI=1S/C15H21ClN4O/c16-11-4-5-14(18-10-11)19-6-8-20(9-7-19)15(21)12-2-1-3-13(12)17/h4-5,10,12-13H,1-3,6-9,17H2/t12-,13+/m0/s1. The van der Waals surface area contributed by atoms with Gasteiger partial charge in [-0.15, -0.1) is 0 Å². The Hall–Kier alpha value is -1.33. The van der Waals surface area contributed by atoms with Gasteiger partial charge in [0.2, 0.25) is 5.91 Å². The lowest BCUT2D eigenvalue weighted by Gasteiger charge is -2.37. The van der Waals surface area contributed by atoms with Crippen molar-refractivity contribution in [3.8, 4) is 0 Å². The summed E-state index contributed by atoms with van der Waals surface area (Å²) in [6.07, 6.45) is 4.65. The van der Waals surface area contributed by atoms with E-state index in [9.17, 15) is 4.79 Å². The molecule has 1 aliphatic heterocycles. The van der Waals surface area contributed by atoms with Crippen LogP contribution in [-0.4, -0.2) is 48.0 Å². The van der Waals surface area contributed by atoms with Crippen molar-refractivity contribution in [2.75, 3.05) is 31.1 Å². The topological polar surface area (TPSA) is 62.5 Å². The van der Waals surface area contributed by atoms with E-state index in [4.69, 9.17) is 17.3 Å². The van der Waals surface area contributed by atoms with Crippen LogP contribution >= 0.6 is 11.6 Å². The summed E-state index contributed by atoms with van der Waals surface area (Å²) < 4.78 is 0. The molecule has 0 aromatic carbocycles.